The molecule has 2 aromatic rings. The molecule has 0 aliphatic carbocycles. The molecule has 0 aromatic heterocycles. The molecule has 0 bridgehead atoms. The zero-order chi connectivity index (χ0) is 24.5. The molecular weight excluding hydrogens is 445 g/mol. The van der Waals surface area contributed by atoms with E-state index < -0.39 is 17.5 Å². The van der Waals surface area contributed by atoms with E-state index in [1.54, 1.807) is 6.07 Å². The molecule has 0 amide bonds. The van der Waals surface area contributed by atoms with Crippen LogP contribution >= 0.6 is 0 Å². The number of ether oxygens (including phenoxy) is 3. The summed E-state index contributed by atoms with van der Waals surface area (Å²) in [7, 11) is 0. The maximum Gasteiger partial charge on any atom is 0.144 e. The van der Waals surface area contributed by atoms with Crippen LogP contribution in [0.5, 0.6) is 5.75 Å². The maximum absolute atomic E-state index is 13.9. The highest BCUT2D eigenvalue weighted by Crippen LogP contribution is 2.29. The Labute approximate surface area is 198 Å². The highest BCUT2D eigenvalue weighted by atomic mass is 19.1. The second kappa shape index (κ2) is 12.2. The molecule has 0 radical (unpaired) electrons. The van der Waals surface area contributed by atoms with E-state index in [2.05, 4.69) is 10.8 Å². The number of benzene rings is 2. The fourth-order valence-corrected chi connectivity index (χ4v) is 3.68. The Hall–Kier alpha value is -3.33. The highest BCUT2D eigenvalue weighted by molar-refractivity contribution is 5.58. The van der Waals surface area contributed by atoms with Crippen molar-refractivity contribution >= 4 is 11.4 Å². The van der Waals surface area contributed by atoms with Crippen LogP contribution < -0.4 is 14.5 Å². The van der Waals surface area contributed by atoms with Gasteiger partial charge in [-0.2, -0.15) is 0 Å². The van der Waals surface area contributed by atoms with Gasteiger partial charge < -0.3 is 24.0 Å². The summed E-state index contributed by atoms with van der Waals surface area (Å²) in [6, 6.07) is 5.79. The summed E-state index contributed by atoms with van der Waals surface area (Å²) < 4.78 is 56.6. The predicted molar refractivity (Wildman–Crippen MR) is 126 cm³/mol. The van der Waals surface area contributed by atoms with Gasteiger partial charge in [0.05, 0.1) is 38.6 Å². The number of anilines is 2. The average molecular weight is 473 g/mol. The molecule has 2 aromatic carbocycles. The summed E-state index contributed by atoms with van der Waals surface area (Å²) in [5, 5.41) is 0. The van der Waals surface area contributed by atoms with Crippen molar-refractivity contribution in [2.75, 3.05) is 69.0 Å². The molecule has 8 heteroatoms. The van der Waals surface area contributed by atoms with E-state index in [-0.39, 0.29) is 11.1 Å². The summed E-state index contributed by atoms with van der Waals surface area (Å²) in [6.07, 6.45) is 10.3. The molecule has 34 heavy (non-hydrogen) atoms. The van der Waals surface area contributed by atoms with E-state index >= 15 is 0 Å². The van der Waals surface area contributed by atoms with Gasteiger partial charge in [0.2, 0.25) is 0 Å². The number of nitrogens with zero attached hydrogens (tertiary/aromatic N) is 2. The molecule has 2 heterocycles. The Kier molecular flexibility index (Phi) is 9.09. The third kappa shape index (κ3) is 6.17. The lowest BCUT2D eigenvalue weighted by molar-refractivity contribution is 0.122. The number of morpholine rings is 2. The van der Waals surface area contributed by atoms with E-state index in [1.807, 2.05) is 17.7 Å². The second-order valence-corrected chi connectivity index (χ2v) is 7.51. The van der Waals surface area contributed by atoms with E-state index in [1.165, 1.54) is 18.2 Å². The van der Waals surface area contributed by atoms with Gasteiger partial charge in [-0.05, 0) is 25.1 Å². The summed E-state index contributed by atoms with van der Waals surface area (Å²) in [5.74, 6) is 2.97. The van der Waals surface area contributed by atoms with Crippen LogP contribution in [0.3, 0.4) is 0 Å². The van der Waals surface area contributed by atoms with Crippen molar-refractivity contribution in [1.29, 1.82) is 0 Å². The molecular formula is C26H27F3N2O3. The summed E-state index contributed by atoms with van der Waals surface area (Å²) in [6.45, 7) is 7.52. The van der Waals surface area contributed by atoms with Crippen molar-refractivity contribution in [3.8, 4) is 30.4 Å². The Morgan fingerprint density at radius 3 is 1.59 bits per heavy atom. The molecule has 0 spiro atoms. The average Bonchev–Trinajstić information content (AvgIpc) is 2.85. The van der Waals surface area contributed by atoms with Gasteiger partial charge in [0.15, 0.2) is 0 Å². The SMILES string of the molecule is C#Cc1c(F)cc(N2CCOCC2)cc1F.C#Cc1c(F)cc(N2CCOCC2)cc1OCC. The minimum Gasteiger partial charge on any atom is -0.492 e. The van der Waals surface area contributed by atoms with Crippen LogP contribution in [0.1, 0.15) is 18.1 Å². The Morgan fingerprint density at radius 2 is 1.18 bits per heavy atom. The lowest BCUT2D eigenvalue weighted by Crippen LogP contribution is -2.36. The fourth-order valence-electron chi connectivity index (χ4n) is 3.68. The van der Waals surface area contributed by atoms with E-state index in [9.17, 15) is 13.2 Å². The smallest absolute Gasteiger partial charge is 0.144 e. The zero-order valence-corrected chi connectivity index (χ0v) is 19.1. The molecule has 180 valence electrons. The van der Waals surface area contributed by atoms with Crippen LogP contribution in [0, 0.1) is 42.1 Å². The van der Waals surface area contributed by atoms with Crippen molar-refractivity contribution in [1.82, 2.24) is 0 Å². The maximum atomic E-state index is 13.9. The molecule has 0 saturated carbocycles. The van der Waals surface area contributed by atoms with Gasteiger partial charge >= 0.3 is 0 Å². The second-order valence-electron chi connectivity index (χ2n) is 7.51. The van der Waals surface area contributed by atoms with E-state index in [0.29, 0.717) is 57.6 Å². The number of terminal acetylenes is 2. The Bertz CT molecular complexity index is 1040. The molecule has 0 atom stereocenters. The lowest BCUT2D eigenvalue weighted by Gasteiger charge is -2.29. The largest absolute Gasteiger partial charge is 0.492 e. The van der Waals surface area contributed by atoms with Gasteiger partial charge in [-0.1, -0.05) is 11.8 Å². The molecule has 0 N–H and O–H groups in total. The van der Waals surface area contributed by atoms with Crippen molar-refractivity contribution in [2.24, 2.45) is 0 Å². The van der Waals surface area contributed by atoms with Gasteiger partial charge in [0.1, 0.15) is 28.8 Å². The molecule has 0 unspecified atom stereocenters. The molecule has 2 fully saturated rings. The monoisotopic (exact) mass is 472 g/mol. The van der Waals surface area contributed by atoms with Gasteiger partial charge in [-0.25, -0.2) is 13.2 Å². The predicted octanol–water partition coefficient (Wildman–Crippen LogP) is 3.83. The minimum absolute atomic E-state index is 0.189. The van der Waals surface area contributed by atoms with Gasteiger partial charge in [0, 0.05) is 43.6 Å². The third-order valence-electron chi connectivity index (χ3n) is 5.41. The first kappa shape index (κ1) is 25.3. The van der Waals surface area contributed by atoms with Crippen LogP contribution in [0.25, 0.3) is 0 Å². The van der Waals surface area contributed by atoms with Crippen molar-refractivity contribution in [2.45, 2.75) is 6.92 Å². The normalized spacial score (nSPS) is 15.6. The first-order valence-corrected chi connectivity index (χ1v) is 11.0. The van der Waals surface area contributed by atoms with Gasteiger partial charge in [-0.15, -0.1) is 12.8 Å². The first-order chi connectivity index (χ1) is 16.5. The molecule has 5 nitrogen and oxygen atoms in total. The van der Waals surface area contributed by atoms with Crippen LogP contribution in [-0.2, 0) is 9.47 Å². The van der Waals surface area contributed by atoms with Crippen LogP contribution in [0.4, 0.5) is 24.5 Å². The van der Waals surface area contributed by atoms with Crippen molar-refractivity contribution < 1.29 is 27.4 Å². The van der Waals surface area contributed by atoms with E-state index in [0.717, 1.165) is 18.8 Å². The standard InChI is InChI=1S/C14H16FNO2.C12H11F2NO/c1-3-12-13(15)9-11(10-14(12)18-4-2)16-5-7-17-8-6-16;1-2-10-11(13)7-9(8-12(10)14)15-3-5-16-6-4-15/h1,9-10H,4-8H2,2H3;1,7-8H,3-6H2. The lowest BCUT2D eigenvalue weighted by atomic mass is 10.1. The summed E-state index contributed by atoms with van der Waals surface area (Å²) in [5.41, 5.74) is 1.18. The highest BCUT2D eigenvalue weighted by Gasteiger charge is 2.17. The Morgan fingerprint density at radius 1 is 0.765 bits per heavy atom. The van der Waals surface area contributed by atoms with Crippen molar-refractivity contribution in [3.05, 3.63) is 52.8 Å². The molecule has 2 saturated heterocycles. The molecule has 2 aliphatic heterocycles. The number of rotatable bonds is 4. The summed E-state index contributed by atoms with van der Waals surface area (Å²) >= 11 is 0. The quantitative estimate of drug-likeness (QED) is 0.632. The zero-order valence-electron chi connectivity index (χ0n) is 19.1. The fraction of sp³-hybridized carbons (Fsp3) is 0.385. The van der Waals surface area contributed by atoms with E-state index in [4.69, 9.17) is 27.1 Å². The molecule has 4 rings (SSSR count). The van der Waals surface area contributed by atoms with Crippen LogP contribution in [0.15, 0.2) is 24.3 Å². The minimum atomic E-state index is -0.691. The topological polar surface area (TPSA) is 34.2 Å². The third-order valence-corrected chi connectivity index (χ3v) is 5.41. The number of halogens is 3. The first-order valence-electron chi connectivity index (χ1n) is 11.0. The number of hydrogen-bond donors (Lipinski definition) is 0. The van der Waals surface area contributed by atoms with Gasteiger partial charge in [-0.3, -0.25) is 0 Å². The Balaban J connectivity index is 0.000000192. The van der Waals surface area contributed by atoms with Crippen LogP contribution in [0.2, 0.25) is 0 Å². The van der Waals surface area contributed by atoms with Crippen molar-refractivity contribution in [3.63, 3.8) is 0 Å². The van der Waals surface area contributed by atoms with Gasteiger partial charge in [0.25, 0.3) is 0 Å². The van der Waals surface area contributed by atoms with Crippen LogP contribution in [-0.4, -0.2) is 59.2 Å². The number of hydrogen-bond acceptors (Lipinski definition) is 5. The molecule has 2 aliphatic rings. The summed E-state index contributed by atoms with van der Waals surface area (Å²) in [4.78, 5) is 3.94.